The summed E-state index contributed by atoms with van der Waals surface area (Å²) in [6, 6.07) is 7.63. The number of nitrogens with one attached hydrogen (secondary N) is 1. The Morgan fingerprint density at radius 2 is 1.82 bits per heavy atom. The van der Waals surface area contributed by atoms with Gasteiger partial charge < -0.3 is 29.2 Å². The molecular weight excluding hydrogens is 358 g/mol. The van der Waals surface area contributed by atoms with E-state index >= 15 is 0 Å². The standard InChI is InChI=1S/C21H35N3O4/c1-17(28-20-8-6-18(26-4)7-9-20)16-23-21(22-2)24-12-10-19(11-13-24)27-15-5-14-25-3/h6-9,17,19H,5,10-16H2,1-4H3,(H,22,23). The van der Waals surface area contributed by atoms with Gasteiger partial charge in [0.2, 0.25) is 0 Å². The molecule has 1 aliphatic rings. The third kappa shape index (κ3) is 7.56. The van der Waals surface area contributed by atoms with Gasteiger partial charge in [0.15, 0.2) is 5.96 Å². The second kappa shape index (κ2) is 12.5. The SMILES string of the molecule is CN=C(NCC(C)Oc1ccc(OC)cc1)N1CCC(OCCCOC)CC1. The molecule has 0 aliphatic carbocycles. The van der Waals surface area contributed by atoms with Gasteiger partial charge in [0, 0.05) is 40.5 Å². The number of nitrogens with zero attached hydrogens (tertiary/aromatic N) is 2. The van der Waals surface area contributed by atoms with Crippen LogP contribution in [0.25, 0.3) is 0 Å². The van der Waals surface area contributed by atoms with Crippen molar-refractivity contribution in [3.05, 3.63) is 24.3 Å². The van der Waals surface area contributed by atoms with Crippen molar-refractivity contribution in [2.45, 2.75) is 38.4 Å². The van der Waals surface area contributed by atoms with Crippen molar-refractivity contribution < 1.29 is 18.9 Å². The minimum Gasteiger partial charge on any atom is -0.497 e. The van der Waals surface area contributed by atoms with Crippen molar-refractivity contribution in [3.8, 4) is 11.5 Å². The monoisotopic (exact) mass is 393 g/mol. The molecule has 1 aromatic rings. The average molecular weight is 394 g/mol. The summed E-state index contributed by atoms with van der Waals surface area (Å²) >= 11 is 0. The summed E-state index contributed by atoms with van der Waals surface area (Å²) in [4.78, 5) is 6.71. The quantitative estimate of drug-likeness (QED) is 0.374. The van der Waals surface area contributed by atoms with Gasteiger partial charge in [-0.25, -0.2) is 0 Å². The van der Waals surface area contributed by atoms with Gasteiger partial charge in [-0.2, -0.15) is 0 Å². The molecule has 0 bridgehead atoms. The number of guanidine groups is 1. The lowest BCUT2D eigenvalue weighted by Gasteiger charge is -2.34. The van der Waals surface area contributed by atoms with Crippen LogP contribution < -0.4 is 14.8 Å². The minimum atomic E-state index is 0.0202. The number of ether oxygens (including phenoxy) is 4. The van der Waals surface area contributed by atoms with Gasteiger partial charge in [-0.05, 0) is 50.5 Å². The molecule has 0 aromatic heterocycles. The number of likely N-dealkylation sites (tertiary alicyclic amines) is 1. The first-order valence-electron chi connectivity index (χ1n) is 10.0. The summed E-state index contributed by atoms with van der Waals surface area (Å²) in [7, 11) is 5.20. The third-order valence-electron chi connectivity index (χ3n) is 4.74. The number of piperidine rings is 1. The van der Waals surface area contributed by atoms with E-state index in [0.717, 1.165) is 63.0 Å². The normalized spacial score (nSPS) is 16.7. The molecule has 1 fully saturated rings. The summed E-state index contributed by atoms with van der Waals surface area (Å²) in [6.45, 7) is 6.15. The maximum absolute atomic E-state index is 5.96. The molecule has 0 saturated carbocycles. The van der Waals surface area contributed by atoms with E-state index in [-0.39, 0.29) is 6.10 Å². The summed E-state index contributed by atoms with van der Waals surface area (Å²) in [6.07, 6.45) is 3.35. The Morgan fingerprint density at radius 3 is 2.43 bits per heavy atom. The number of hydrogen-bond acceptors (Lipinski definition) is 5. The number of aliphatic imine (C=N–C) groups is 1. The Kier molecular flexibility index (Phi) is 9.93. The van der Waals surface area contributed by atoms with Crippen LogP contribution in [-0.2, 0) is 9.47 Å². The molecule has 28 heavy (non-hydrogen) atoms. The Hall–Kier alpha value is -1.99. The van der Waals surface area contributed by atoms with Crippen molar-refractivity contribution in [2.75, 3.05) is 54.1 Å². The van der Waals surface area contributed by atoms with E-state index in [1.807, 2.05) is 38.2 Å². The first-order valence-corrected chi connectivity index (χ1v) is 10.0. The van der Waals surface area contributed by atoms with E-state index in [0.29, 0.717) is 12.6 Å². The fraction of sp³-hybridized carbons (Fsp3) is 0.667. The smallest absolute Gasteiger partial charge is 0.193 e. The molecule has 1 saturated heterocycles. The molecule has 7 nitrogen and oxygen atoms in total. The van der Waals surface area contributed by atoms with E-state index in [2.05, 4.69) is 15.2 Å². The van der Waals surface area contributed by atoms with Gasteiger partial charge in [-0.1, -0.05) is 0 Å². The highest BCUT2D eigenvalue weighted by Gasteiger charge is 2.22. The molecule has 1 N–H and O–H groups in total. The van der Waals surface area contributed by atoms with Gasteiger partial charge in [-0.15, -0.1) is 0 Å². The lowest BCUT2D eigenvalue weighted by molar-refractivity contribution is 0.00984. The van der Waals surface area contributed by atoms with Crippen LogP contribution in [0.4, 0.5) is 0 Å². The summed E-state index contributed by atoms with van der Waals surface area (Å²) in [5, 5.41) is 3.43. The van der Waals surface area contributed by atoms with E-state index in [9.17, 15) is 0 Å². The van der Waals surface area contributed by atoms with Crippen LogP contribution in [0.2, 0.25) is 0 Å². The van der Waals surface area contributed by atoms with Gasteiger partial charge in [0.1, 0.15) is 17.6 Å². The van der Waals surface area contributed by atoms with E-state index in [1.165, 1.54) is 0 Å². The molecule has 1 aliphatic heterocycles. The molecule has 2 rings (SSSR count). The highest BCUT2D eigenvalue weighted by molar-refractivity contribution is 5.80. The second-order valence-corrected chi connectivity index (χ2v) is 6.94. The highest BCUT2D eigenvalue weighted by atomic mass is 16.5. The van der Waals surface area contributed by atoms with Crippen LogP contribution >= 0.6 is 0 Å². The van der Waals surface area contributed by atoms with Crippen molar-refractivity contribution in [2.24, 2.45) is 4.99 Å². The number of methoxy groups -OCH3 is 2. The summed E-state index contributed by atoms with van der Waals surface area (Å²) in [5.74, 6) is 2.57. The van der Waals surface area contributed by atoms with Gasteiger partial charge in [-0.3, -0.25) is 4.99 Å². The van der Waals surface area contributed by atoms with Gasteiger partial charge in [0.05, 0.1) is 19.8 Å². The third-order valence-corrected chi connectivity index (χ3v) is 4.74. The Morgan fingerprint density at radius 1 is 1.14 bits per heavy atom. The molecule has 1 atom stereocenters. The molecule has 1 unspecified atom stereocenters. The first-order chi connectivity index (χ1) is 13.7. The predicted octanol–water partition coefficient (Wildman–Crippen LogP) is 2.56. The van der Waals surface area contributed by atoms with Crippen molar-refractivity contribution in [1.29, 1.82) is 0 Å². The van der Waals surface area contributed by atoms with E-state index in [1.54, 1.807) is 14.2 Å². The zero-order valence-corrected chi connectivity index (χ0v) is 17.6. The van der Waals surface area contributed by atoms with Crippen LogP contribution in [0.5, 0.6) is 11.5 Å². The zero-order valence-electron chi connectivity index (χ0n) is 17.6. The fourth-order valence-electron chi connectivity index (χ4n) is 3.18. The van der Waals surface area contributed by atoms with E-state index in [4.69, 9.17) is 18.9 Å². The number of benzene rings is 1. The van der Waals surface area contributed by atoms with Crippen molar-refractivity contribution >= 4 is 5.96 Å². The molecule has 0 amide bonds. The average Bonchev–Trinajstić information content (AvgIpc) is 2.73. The van der Waals surface area contributed by atoms with Crippen LogP contribution in [0.1, 0.15) is 26.2 Å². The molecule has 1 aromatic carbocycles. The minimum absolute atomic E-state index is 0.0202. The van der Waals surface area contributed by atoms with Crippen LogP contribution in [0, 0.1) is 0 Å². The molecule has 1 heterocycles. The Bertz CT molecular complexity index is 572. The Balaban J connectivity index is 1.69. The van der Waals surface area contributed by atoms with E-state index < -0.39 is 0 Å². The summed E-state index contributed by atoms with van der Waals surface area (Å²) in [5.41, 5.74) is 0. The molecule has 0 radical (unpaired) electrons. The molecule has 7 heteroatoms. The fourth-order valence-corrected chi connectivity index (χ4v) is 3.18. The van der Waals surface area contributed by atoms with Crippen LogP contribution in [0.15, 0.2) is 29.3 Å². The van der Waals surface area contributed by atoms with Crippen LogP contribution in [-0.4, -0.2) is 77.2 Å². The molecular formula is C21H35N3O4. The van der Waals surface area contributed by atoms with Crippen molar-refractivity contribution in [3.63, 3.8) is 0 Å². The maximum Gasteiger partial charge on any atom is 0.193 e. The first kappa shape index (κ1) is 22.3. The number of rotatable bonds is 10. The summed E-state index contributed by atoms with van der Waals surface area (Å²) < 4.78 is 22.1. The lowest BCUT2D eigenvalue weighted by atomic mass is 10.1. The molecule has 0 spiro atoms. The largest absolute Gasteiger partial charge is 0.497 e. The zero-order chi connectivity index (χ0) is 20.2. The lowest BCUT2D eigenvalue weighted by Crippen LogP contribution is -2.48. The molecule has 158 valence electrons. The van der Waals surface area contributed by atoms with Gasteiger partial charge >= 0.3 is 0 Å². The topological polar surface area (TPSA) is 64.6 Å². The second-order valence-electron chi connectivity index (χ2n) is 6.94. The van der Waals surface area contributed by atoms with Crippen LogP contribution in [0.3, 0.4) is 0 Å². The maximum atomic E-state index is 5.96. The Labute approximate surface area is 169 Å². The van der Waals surface area contributed by atoms with Gasteiger partial charge in [0.25, 0.3) is 0 Å². The van der Waals surface area contributed by atoms with Crippen molar-refractivity contribution in [1.82, 2.24) is 10.2 Å². The number of hydrogen-bond donors (Lipinski definition) is 1. The highest BCUT2D eigenvalue weighted by Crippen LogP contribution is 2.18. The predicted molar refractivity (Wildman–Crippen MR) is 111 cm³/mol.